The average Bonchev–Trinajstić information content (AvgIpc) is 3.07. The number of fused-ring (bicyclic) bond motifs is 1. The summed E-state index contributed by atoms with van der Waals surface area (Å²) >= 11 is 12.0. The maximum absolute atomic E-state index is 13.3. The number of nitrogens with two attached hydrogens (primary N) is 1. The van der Waals surface area contributed by atoms with Crippen LogP contribution in [0.2, 0.25) is 10.0 Å². The number of amides is 1. The smallest absolute Gasteiger partial charge is 0.259 e. The number of nitrogens with zero attached hydrogens (tertiary/aromatic N) is 1. The van der Waals surface area contributed by atoms with Crippen molar-refractivity contribution in [2.75, 3.05) is 18.2 Å². The fourth-order valence-corrected chi connectivity index (χ4v) is 3.64. The van der Waals surface area contributed by atoms with E-state index in [1.165, 1.54) is 6.07 Å². The number of ether oxygens (including phenoxy) is 1. The minimum absolute atomic E-state index is 0.0771. The predicted octanol–water partition coefficient (Wildman–Crippen LogP) is 5.32. The average molecular weight is 454 g/mol. The zero-order valence-corrected chi connectivity index (χ0v) is 17.9. The highest BCUT2D eigenvalue weighted by molar-refractivity contribution is 6.42. The maximum Gasteiger partial charge on any atom is 0.259 e. The van der Waals surface area contributed by atoms with E-state index in [0.29, 0.717) is 27.5 Å². The van der Waals surface area contributed by atoms with E-state index < -0.39 is 5.91 Å². The summed E-state index contributed by atoms with van der Waals surface area (Å²) in [7, 11) is 1.56. The fraction of sp³-hybridized carbons (Fsp3) is 0.0435. The lowest BCUT2D eigenvalue weighted by Gasteiger charge is -2.07. The molecule has 0 saturated carbocycles. The molecular formula is C23H17Cl2N3O3. The summed E-state index contributed by atoms with van der Waals surface area (Å²) in [5.74, 6) is -0.137. The fourth-order valence-electron chi connectivity index (χ4n) is 3.34. The van der Waals surface area contributed by atoms with E-state index in [0.717, 1.165) is 0 Å². The van der Waals surface area contributed by atoms with Crippen molar-refractivity contribution < 1.29 is 14.3 Å². The van der Waals surface area contributed by atoms with E-state index in [4.69, 9.17) is 33.7 Å². The van der Waals surface area contributed by atoms with Gasteiger partial charge >= 0.3 is 0 Å². The summed E-state index contributed by atoms with van der Waals surface area (Å²) in [4.78, 5) is 26.4. The van der Waals surface area contributed by atoms with Crippen LogP contribution in [0.4, 0.5) is 11.4 Å². The number of ketones is 1. The number of hydrogen-bond acceptors (Lipinski definition) is 4. The molecule has 0 aliphatic carbocycles. The van der Waals surface area contributed by atoms with Gasteiger partial charge in [0, 0.05) is 17.4 Å². The van der Waals surface area contributed by atoms with Crippen LogP contribution >= 0.6 is 23.2 Å². The molecule has 4 rings (SSSR count). The first-order valence-electron chi connectivity index (χ1n) is 9.24. The van der Waals surface area contributed by atoms with Gasteiger partial charge < -0.3 is 20.2 Å². The summed E-state index contributed by atoms with van der Waals surface area (Å²) in [6.45, 7) is 0. The molecule has 6 nitrogen and oxygen atoms in total. The highest BCUT2D eigenvalue weighted by atomic mass is 35.5. The quantitative estimate of drug-likeness (QED) is 0.400. The number of carbonyl (C=O) groups excluding carboxylic acids is 2. The highest BCUT2D eigenvalue weighted by Crippen LogP contribution is 2.31. The van der Waals surface area contributed by atoms with Gasteiger partial charge in [-0.3, -0.25) is 9.59 Å². The van der Waals surface area contributed by atoms with Crippen molar-refractivity contribution >= 4 is 51.8 Å². The molecule has 0 atom stereocenters. The Labute approximate surface area is 188 Å². The van der Waals surface area contributed by atoms with Gasteiger partial charge in [-0.2, -0.15) is 0 Å². The highest BCUT2D eigenvalue weighted by Gasteiger charge is 2.26. The number of nitrogens with one attached hydrogen (secondary N) is 1. The van der Waals surface area contributed by atoms with Gasteiger partial charge in [-0.25, -0.2) is 0 Å². The van der Waals surface area contributed by atoms with Crippen molar-refractivity contribution in [1.82, 2.24) is 4.40 Å². The molecular weight excluding hydrogens is 437 g/mol. The van der Waals surface area contributed by atoms with Crippen LogP contribution in [0.3, 0.4) is 0 Å². The molecule has 0 aliphatic heterocycles. The number of aromatic nitrogens is 1. The van der Waals surface area contributed by atoms with Gasteiger partial charge in [0.15, 0.2) is 0 Å². The first-order valence-corrected chi connectivity index (χ1v) is 10.00. The molecule has 0 fully saturated rings. The standard InChI is InChI=1S/C23H17Cl2N3O3/c1-31-15-8-6-14(7-9-15)27-23(30)19-18-4-2-3-11-28(18)21(20(19)26)22(29)13-5-10-16(24)17(25)12-13/h2-12H,26H2,1H3,(H,27,30). The number of benzene rings is 2. The number of methoxy groups -OCH3 is 1. The van der Waals surface area contributed by atoms with Crippen molar-refractivity contribution in [3.8, 4) is 5.75 Å². The number of anilines is 2. The van der Waals surface area contributed by atoms with Gasteiger partial charge in [0.2, 0.25) is 5.78 Å². The van der Waals surface area contributed by atoms with Gasteiger partial charge in [-0.05, 0) is 54.6 Å². The molecule has 0 unspecified atom stereocenters. The number of hydrogen-bond donors (Lipinski definition) is 2. The van der Waals surface area contributed by atoms with Gasteiger partial charge in [-0.15, -0.1) is 0 Å². The lowest BCUT2D eigenvalue weighted by Crippen LogP contribution is -2.14. The number of rotatable bonds is 5. The number of halogens is 2. The second-order valence-electron chi connectivity index (χ2n) is 6.73. The summed E-state index contributed by atoms with van der Waals surface area (Å²) in [5, 5.41) is 3.41. The molecule has 0 saturated heterocycles. The Morgan fingerprint density at radius 2 is 1.74 bits per heavy atom. The van der Waals surface area contributed by atoms with Crippen LogP contribution in [0.25, 0.3) is 5.52 Å². The molecule has 2 aromatic heterocycles. The van der Waals surface area contributed by atoms with Crippen LogP contribution in [0.15, 0.2) is 66.9 Å². The molecule has 4 aromatic rings. The predicted molar refractivity (Wildman–Crippen MR) is 123 cm³/mol. The van der Waals surface area contributed by atoms with Gasteiger partial charge in [0.05, 0.1) is 33.9 Å². The van der Waals surface area contributed by atoms with E-state index in [1.54, 1.807) is 72.3 Å². The molecule has 8 heteroatoms. The zero-order valence-electron chi connectivity index (χ0n) is 16.4. The largest absolute Gasteiger partial charge is 0.497 e. The normalized spacial score (nSPS) is 10.8. The Balaban J connectivity index is 1.78. The topological polar surface area (TPSA) is 85.8 Å². The first-order chi connectivity index (χ1) is 14.9. The third kappa shape index (κ3) is 3.83. The van der Waals surface area contributed by atoms with E-state index in [-0.39, 0.29) is 27.8 Å². The lowest BCUT2D eigenvalue weighted by atomic mass is 10.1. The van der Waals surface area contributed by atoms with E-state index in [1.807, 2.05) is 0 Å². The molecule has 0 radical (unpaired) electrons. The molecule has 2 heterocycles. The van der Waals surface area contributed by atoms with E-state index >= 15 is 0 Å². The minimum atomic E-state index is -0.431. The first kappa shape index (κ1) is 20.8. The zero-order chi connectivity index (χ0) is 22.1. The monoisotopic (exact) mass is 453 g/mol. The van der Waals surface area contributed by atoms with Crippen molar-refractivity contribution in [3.63, 3.8) is 0 Å². The Bertz CT molecular complexity index is 1310. The van der Waals surface area contributed by atoms with Crippen molar-refractivity contribution in [2.45, 2.75) is 0 Å². The SMILES string of the molecule is COc1ccc(NC(=O)c2c(N)c(C(=O)c3ccc(Cl)c(Cl)c3)n3ccccc23)cc1. The molecule has 0 aliphatic rings. The van der Waals surface area contributed by atoms with Crippen LogP contribution in [0, 0.1) is 0 Å². The van der Waals surface area contributed by atoms with Gasteiger partial charge in [0.1, 0.15) is 11.4 Å². The molecule has 3 N–H and O–H groups in total. The molecule has 2 aromatic carbocycles. The van der Waals surface area contributed by atoms with Crippen molar-refractivity contribution in [3.05, 3.63) is 93.7 Å². The molecule has 0 bridgehead atoms. The molecule has 156 valence electrons. The molecule has 1 amide bonds. The minimum Gasteiger partial charge on any atom is -0.497 e. The van der Waals surface area contributed by atoms with Crippen LogP contribution < -0.4 is 15.8 Å². The number of nitrogen functional groups attached to an aromatic ring is 1. The van der Waals surface area contributed by atoms with Crippen LogP contribution in [-0.2, 0) is 0 Å². The summed E-state index contributed by atoms with van der Waals surface area (Å²) < 4.78 is 6.73. The Morgan fingerprint density at radius 3 is 2.42 bits per heavy atom. The van der Waals surface area contributed by atoms with E-state index in [9.17, 15) is 9.59 Å². The van der Waals surface area contributed by atoms with E-state index in [2.05, 4.69) is 5.32 Å². The Kier molecular flexibility index (Phi) is 5.59. The van der Waals surface area contributed by atoms with Crippen LogP contribution in [0.5, 0.6) is 5.75 Å². The van der Waals surface area contributed by atoms with Crippen LogP contribution in [0.1, 0.15) is 26.4 Å². The second kappa shape index (κ2) is 8.34. The van der Waals surface area contributed by atoms with Crippen molar-refractivity contribution in [1.29, 1.82) is 0 Å². The summed E-state index contributed by atoms with van der Waals surface area (Å²) in [5.41, 5.74) is 8.19. The summed E-state index contributed by atoms with van der Waals surface area (Å²) in [6.07, 6.45) is 1.68. The lowest BCUT2D eigenvalue weighted by molar-refractivity contribution is 0.102. The molecule has 0 spiro atoms. The van der Waals surface area contributed by atoms with Crippen LogP contribution in [-0.4, -0.2) is 23.2 Å². The third-order valence-electron chi connectivity index (χ3n) is 4.85. The Morgan fingerprint density at radius 1 is 1.00 bits per heavy atom. The second-order valence-corrected chi connectivity index (χ2v) is 7.55. The number of pyridine rings is 1. The maximum atomic E-state index is 13.3. The Hall–Kier alpha value is -3.48. The third-order valence-corrected chi connectivity index (χ3v) is 5.59. The van der Waals surface area contributed by atoms with Gasteiger partial charge in [-0.1, -0.05) is 29.3 Å². The van der Waals surface area contributed by atoms with Crippen molar-refractivity contribution in [2.24, 2.45) is 0 Å². The molecule has 31 heavy (non-hydrogen) atoms. The summed E-state index contributed by atoms with van der Waals surface area (Å²) in [6, 6.07) is 16.7. The number of carbonyl (C=O) groups is 2. The van der Waals surface area contributed by atoms with Gasteiger partial charge in [0.25, 0.3) is 5.91 Å².